The van der Waals surface area contributed by atoms with Crippen molar-refractivity contribution in [2.24, 2.45) is 0 Å². The predicted octanol–water partition coefficient (Wildman–Crippen LogP) is 3.15. The minimum Gasteiger partial charge on any atom is -0.300 e. The fourth-order valence-electron chi connectivity index (χ4n) is 3.53. The first-order chi connectivity index (χ1) is 9.81. The first kappa shape index (κ1) is 12.5. The fraction of sp³-hybridized carbons (Fsp3) is 0.600. The number of aryl methyl sites for hydroxylation is 3. The molecule has 0 fully saturated rings. The molecule has 5 heteroatoms. The van der Waals surface area contributed by atoms with Crippen LogP contribution in [0.1, 0.15) is 59.9 Å². The molecule has 4 rings (SSSR count). The number of aromatic nitrogens is 3. The Balaban J connectivity index is 1.59. The van der Waals surface area contributed by atoms with Crippen LogP contribution >= 0.6 is 11.3 Å². The summed E-state index contributed by atoms with van der Waals surface area (Å²) in [5, 5.41) is 10.6. The highest BCUT2D eigenvalue weighted by Gasteiger charge is 2.28. The van der Waals surface area contributed by atoms with Crippen molar-refractivity contribution in [3.8, 4) is 0 Å². The van der Waals surface area contributed by atoms with Gasteiger partial charge in [-0.15, -0.1) is 11.3 Å². The van der Waals surface area contributed by atoms with Crippen molar-refractivity contribution in [2.45, 2.75) is 57.7 Å². The largest absolute Gasteiger partial charge is 0.300 e. The Labute approximate surface area is 123 Å². The second-order valence-electron chi connectivity index (χ2n) is 5.85. The summed E-state index contributed by atoms with van der Waals surface area (Å²) < 4.78 is 2.09. The monoisotopic (exact) mass is 288 g/mol. The van der Waals surface area contributed by atoms with Crippen LogP contribution in [0.3, 0.4) is 0 Å². The predicted molar refractivity (Wildman–Crippen MR) is 79.9 cm³/mol. The molecule has 1 aliphatic heterocycles. The van der Waals surface area contributed by atoms with Crippen LogP contribution in [0.15, 0.2) is 11.4 Å². The van der Waals surface area contributed by atoms with Gasteiger partial charge in [0.25, 0.3) is 0 Å². The molecule has 0 aromatic carbocycles. The summed E-state index contributed by atoms with van der Waals surface area (Å²) in [6, 6.07) is 3.16. The van der Waals surface area contributed by atoms with Crippen molar-refractivity contribution >= 4 is 11.3 Å². The van der Waals surface area contributed by atoms with E-state index in [4.69, 9.17) is 0 Å². The molecule has 0 radical (unpaired) electrons. The molecule has 0 saturated heterocycles. The summed E-state index contributed by atoms with van der Waals surface area (Å²) in [7, 11) is 0. The van der Waals surface area contributed by atoms with E-state index in [0.717, 1.165) is 18.2 Å². The highest BCUT2D eigenvalue weighted by molar-refractivity contribution is 7.10. The molecule has 0 bridgehead atoms. The summed E-state index contributed by atoms with van der Waals surface area (Å²) in [6.07, 6.45) is 6.16. The van der Waals surface area contributed by atoms with E-state index in [1.165, 1.54) is 37.7 Å². The molecule has 2 aliphatic rings. The number of rotatable bonds is 2. The van der Waals surface area contributed by atoms with E-state index >= 15 is 0 Å². The van der Waals surface area contributed by atoms with Gasteiger partial charge in [-0.2, -0.15) is 5.10 Å². The average molecular weight is 288 g/mol. The lowest BCUT2D eigenvalue weighted by molar-refractivity contribution is 0.321. The molecular formula is C15H20N4S. The van der Waals surface area contributed by atoms with E-state index in [9.17, 15) is 0 Å². The molecule has 2 aromatic rings. The number of nitrogens with one attached hydrogen (secondary N) is 1. The van der Waals surface area contributed by atoms with Gasteiger partial charge in [-0.3, -0.25) is 0 Å². The Morgan fingerprint density at radius 2 is 2.20 bits per heavy atom. The van der Waals surface area contributed by atoms with Gasteiger partial charge >= 0.3 is 0 Å². The lowest BCUT2D eigenvalue weighted by atomic mass is 9.92. The van der Waals surface area contributed by atoms with Crippen LogP contribution in [0, 0.1) is 6.92 Å². The second-order valence-corrected chi connectivity index (χ2v) is 6.85. The summed E-state index contributed by atoms with van der Waals surface area (Å²) in [5.74, 6) is 2.03. The molecule has 2 atom stereocenters. The van der Waals surface area contributed by atoms with Crippen molar-refractivity contribution in [3.63, 3.8) is 0 Å². The third kappa shape index (κ3) is 2.09. The summed E-state index contributed by atoms with van der Waals surface area (Å²) in [5.41, 5.74) is 1.52. The normalized spacial score (nSPS) is 25.2. The summed E-state index contributed by atoms with van der Waals surface area (Å²) in [4.78, 5) is 6.21. The minimum absolute atomic E-state index is 0.362. The second kappa shape index (κ2) is 4.97. The zero-order chi connectivity index (χ0) is 13.5. The number of fused-ring (bicyclic) bond motifs is 2. The van der Waals surface area contributed by atoms with Crippen molar-refractivity contribution in [3.05, 3.63) is 33.5 Å². The van der Waals surface area contributed by atoms with E-state index in [0.29, 0.717) is 12.1 Å². The Bertz CT molecular complexity index is 615. The lowest BCUT2D eigenvalue weighted by Crippen LogP contribution is -2.33. The fourth-order valence-corrected chi connectivity index (χ4v) is 4.52. The van der Waals surface area contributed by atoms with Crippen LogP contribution in [0.25, 0.3) is 0 Å². The zero-order valence-corrected chi connectivity index (χ0v) is 12.6. The third-order valence-electron chi connectivity index (χ3n) is 4.43. The number of thiophene rings is 1. The van der Waals surface area contributed by atoms with Gasteiger partial charge in [-0.05, 0) is 56.0 Å². The van der Waals surface area contributed by atoms with Gasteiger partial charge in [0.05, 0.1) is 6.04 Å². The van der Waals surface area contributed by atoms with Crippen LogP contribution in [0.4, 0.5) is 0 Å². The molecule has 0 unspecified atom stereocenters. The Morgan fingerprint density at radius 1 is 1.30 bits per heavy atom. The molecule has 4 nitrogen and oxygen atoms in total. The SMILES string of the molecule is Cc1nc2n(n1)CCC[C@@H]2N[C@H]1CCCc2sccc21. The smallest absolute Gasteiger partial charge is 0.147 e. The molecule has 1 aliphatic carbocycles. The van der Waals surface area contributed by atoms with Crippen LogP contribution in [0.5, 0.6) is 0 Å². The van der Waals surface area contributed by atoms with Gasteiger partial charge in [0.1, 0.15) is 11.6 Å². The lowest BCUT2D eigenvalue weighted by Gasteiger charge is -2.30. The topological polar surface area (TPSA) is 42.7 Å². The van der Waals surface area contributed by atoms with Gasteiger partial charge in [0, 0.05) is 17.5 Å². The number of hydrogen-bond donors (Lipinski definition) is 1. The maximum absolute atomic E-state index is 4.63. The van der Waals surface area contributed by atoms with Crippen LogP contribution < -0.4 is 5.32 Å². The van der Waals surface area contributed by atoms with E-state index in [-0.39, 0.29) is 0 Å². The van der Waals surface area contributed by atoms with Gasteiger partial charge in [-0.1, -0.05) is 0 Å². The van der Waals surface area contributed by atoms with Crippen LogP contribution in [-0.2, 0) is 13.0 Å². The molecule has 1 N–H and O–H groups in total. The molecule has 3 heterocycles. The Kier molecular flexibility index (Phi) is 3.11. The molecule has 106 valence electrons. The van der Waals surface area contributed by atoms with E-state index < -0.39 is 0 Å². The zero-order valence-electron chi connectivity index (χ0n) is 11.8. The van der Waals surface area contributed by atoms with E-state index in [1.54, 1.807) is 4.88 Å². The number of nitrogens with zero attached hydrogens (tertiary/aromatic N) is 3. The average Bonchev–Trinajstić information content (AvgIpc) is 3.05. The van der Waals surface area contributed by atoms with E-state index in [1.807, 2.05) is 18.3 Å². The van der Waals surface area contributed by atoms with Gasteiger partial charge in [-0.25, -0.2) is 9.67 Å². The minimum atomic E-state index is 0.362. The van der Waals surface area contributed by atoms with Crippen molar-refractivity contribution in [2.75, 3.05) is 0 Å². The molecule has 0 saturated carbocycles. The van der Waals surface area contributed by atoms with Gasteiger partial charge in [0.2, 0.25) is 0 Å². The molecular weight excluding hydrogens is 268 g/mol. The summed E-state index contributed by atoms with van der Waals surface area (Å²) in [6.45, 7) is 3.00. The van der Waals surface area contributed by atoms with Gasteiger partial charge in [0.15, 0.2) is 0 Å². The summed E-state index contributed by atoms with van der Waals surface area (Å²) >= 11 is 1.91. The molecule has 0 spiro atoms. The van der Waals surface area contributed by atoms with Gasteiger partial charge < -0.3 is 5.32 Å². The van der Waals surface area contributed by atoms with Crippen molar-refractivity contribution in [1.82, 2.24) is 20.1 Å². The van der Waals surface area contributed by atoms with E-state index in [2.05, 4.69) is 31.5 Å². The quantitative estimate of drug-likeness (QED) is 0.923. The third-order valence-corrected chi connectivity index (χ3v) is 5.43. The maximum Gasteiger partial charge on any atom is 0.147 e. The van der Waals surface area contributed by atoms with Crippen molar-refractivity contribution in [1.29, 1.82) is 0 Å². The Hall–Kier alpha value is -1.20. The molecule has 0 amide bonds. The maximum atomic E-state index is 4.63. The molecule has 2 aromatic heterocycles. The molecule has 20 heavy (non-hydrogen) atoms. The van der Waals surface area contributed by atoms with Crippen LogP contribution in [-0.4, -0.2) is 14.8 Å². The first-order valence-electron chi connectivity index (χ1n) is 7.55. The highest BCUT2D eigenvalue weighted by atomic mass is 32.1. The highest BCUT2D eigenvalue weighted by Crippen LogP contribution is 2.36. The Morgan fingerprint density at radius 3 is 3.15 bits per heavy atom. The van der Waals surface area contributed by atoms with Crippen LogP contribution in [0.2, 0.25) is 0 Å². The first-order valence-corrected chi connectivity index (χ1v) is 8.43. The van der Waals surface area contributed by atoms with Crippen molar-refractivity contribution < 1.29 is 0 Å². The number of hydrogen-bond acceptors (Lipinski definition) is 4. The standard InChI is InChI=1S/C15H20N4S/c1-10-16-15-13(5-3-8-19(15)18-10)17-12-4-2-6-14-11(12)7-9-20-14/h7,9,12-13,17H,2-6,8H2,1H3/t12-,13-/m0/s1.